The summed E-state index contributed by atoms with van der Waals surface area (Å²) in [6.07, 6.45) is 1.36. The molecule has 11 heavy (non-hydrogen) atoms. The van der Waals surface area contributed by atoms with Crippen molar-refractivity contribution in [1.29, 1.82) is 0 Å². The van der Waals surface area contributed by atoms with Crippen LogP contribution in [0, 0.1) is 0 Å². The lowest BCUT2D eigenvalue weighted by Crippen LogP contribution is -2.47. The van der Waals surface area contributed by atoms with Crippen LogP contribution in [0.2, 0.25) is 0 Å². The van der Waals surface area contributed by atoms with Crippen molar-refractivity contribution in [2.24, 2.45) is 0 Å². The second-order valence-corrected chi connectivity index (χ2v) is 3.57. The topological polar surface area (TPSA) is 43.7 Å². The van der Waals surface area contributed by atoms with Crippen molar-refractivity contribution < 1.29 is 10.2 Å². The highest BCUT2D eigenvalue weighted by Gasteiger charge is 2.30. The van der Waals surface area contributed by atoms with Gasteiger partial charge in [0.15, 0.2) is 0 Å². The second-order valence-electron chi connectivity index (χ2n) is 3.57. The van der Waals surface area contributed by atoms with Crippen LogP contribution in [-0.2, 0) is 0 Å². The lowest BCUT2D eigenvalue weighted by molar-refractivity contribution is -0.00198. The Labute approximate surface area is 67.6 Å². The molecule has 1 aliphatic rings. The Balaban J connectivity index is 2.16. The molecule has 3 nitrogen and oxygen atoms in total. The molecule has 0 amide bonds. The van der Waals surface area contributed by atoms with Crippen LogP contribution in [0.1, 0.15) is 19.8 Å². The first-order valence-corrected chi connectivity index (χ1v) is 4.16. The Morgan fingerprint density at radius 3 is 2.45 bits per heavy atom. The normalized spacial score (nSPS) is 33.5. The number of aliphatic hydroxyl groups is 2. The Hall–Kier alpha value is -0.120. The molecule has 0 saturated heterocycles. The van der Waals surface area contributed by atoms with Gasteiger partial charge in [0, 0.05) is 12.6 Å². The molecular formula is C8H17NO2. The standard InChI is InChI=1S/C8H17NO2/c1-6(10)5-9(2)7-3-8(11)4-7/h6-8,10-11H,3-5H2,1-2H3. The average Bonchev–Trinajstić information content (AvgIpc) is 1.79. The fraction of sp³-hybridized carbons (Fsp3) is 1.00. The van der Waals surface area contributed by atoms with Gasteiger partial charge in [-0.1, -0.05) is 0 Å². The van der Waals surface area contributed by atoms with E-state index in [1.165, 1.54) is 0 Å². The van der Waals surface area contributed by atoms with Crippen LogP contribution in [0.3, 0.4) is 0 Å². The van der Waals surface area contributed by atoms with E-state index < -0.39 is 0 Å². The summed E-state index contributed by atoms with van der Waals surface area (Å²) in [5.41, 5.74) is 0. The van der Waals surface area contributed by atoms with Crippen LogP contribution < -0.4 is 0 Å². The molecule has 0 spiro atoms. The SMILES string of the molecule is CC(O)CN(C)C1CC(O)C1. The minimum atomic E-state index is -0.266. The Kier molecular flexibility index (Phi) is 2.87. The summed E-state index contributed by atoms with van der Waals surface area (Å²) in [5.74, 6) is 0. The summed E-state index contributed by atoms with van der Waals surface area (Å²) in [7, 11) is 1.99. The van der Waals surface area contributed by atoms with Crippen molar-refractivity contribution in [3.8, 4) is 0 Å². The predicted molar refractivity (Wildman–Crippen MR) is 43.3 cm³/mol. The van der Waals surface area contributed by atoms with E-state index in [0.717, 1.165) is 12.8 Å². The second kappa shape index (κ2) is 3.52. The molecule has 66 valence electrons. The van der Waals surface area contributed by atoms with E-state index >= 15 is 0 Å². The number of aliphatic hydroxyl groups excluding tert-OH is 2. The number of hydrogen-bond donors (Lipinski definition) is 2. The molecule has 0 aromatic rings. The van der Waals surface area contributed by atoms with Crippen molar-refractivity contribution in [3.63, 3.8) is 0 Å². The van der Waals surface area contributed by atoms with Crippen LogP contribution >= 0.6 is 0 Å². The van der Waals surface area contributed by atoms with Crippen LogP contribution in [0.5, 0.6) is 0 Å². The van der Waals surface area contributed by atoms with Gasteiger partial charge in [-0.05, 0) is 26.8 Å². The average molecular weight is 159 g/mol. The Morgan fingerprint density at radius 2 is 2.09 bits per heavy atom. The molecule has 0 bridgehead atoms. The van der Waals surface area contributed by atoms with Gasteiger partial charge >= 0.3 is 0 Å². The van der Waals surface area contributed by atoms with Gasteiger partial charge in [-0.2, -0.15) is 0 Å². The predicted octanol–water partition coefficient (Wildman–Crippen LogP) is -0.178. The first kappa shape index (κ1) is 8.97. The molecule has 1 fully saturated rings. The fourth-order valence-corrected chi connectivity index (χ4v) is 1.48. The van der Waals surface area contributed by atoms with Gasteiger partial charge < -0.3 is 15.1 Å². The lowest BCUT2D eigenvalue weighted by atomic mass is 9.88. The minimum Gasteiger partial charge on any atom is -0.393 e. The largest absolute Gasteiger partial charge is 0.393 e. The molecule has 0 radical (unpaired) electrons. The maximum Gasteiger partial charge on any atom is 0.0639 e. The molecule has 0 aliphatic heterocycles. The summed E-state index contributed by atoms with van der Waals surface area (Å²) in [4.78, 5) is 2.11. The number of rotatable bonds is 3. The molecule has 0 aromatic heterocycles. The third kappa shape index (κ3) is 2.43. The summed E-state index contributed by atoms with van der Waals surface area (Å²) in [6.45, 7) is 2.49. The van der Waals surface area contributed by atoms with E-state index in [0.29, 0.717) is 12.6 Å². The van der Waals surface area contributed by atoms with Crippen molar-refractivity contribution >= 4 is 0 Å². The van der Waals surface area contributed by atoms with Crippen molar-refractivity contribution in [3.05, 3.63) is 0 Å². The maximum absolute atomic E-state index is 9.05. The summed E-state index contributed by atoms with van der Waals surface area (Å²) in [6, 6.07) is 0.486. The van der Waals surface area contributed by atoms with Crippen LogP contribution in [0.25, 0.3) is 0 Å². The highest BCUT2D eigenvalue weighted by molar-refractivity contribution is 4.85. The van der Waals surface area contributed by atoms with E-state index in [2.05, 4.69) is 4.90 Å². The molecule has 0 heterocycles. The van der Waals surface area contributed by atoms with Gasteiger partial charge in [0.25, 0.3) is 0 Å². The summed E-state index contributed by atoms with van der Waals surface area (Å²) < 4.78 is 0. The zero-order valence-electron chi connectivity index (χ0n) is 7.20. The number of hydrogen-bond acceptors (Lipinski definition) is 3. The first-order chi connectivity index (χ1) is 5.09. The molecular weight excluding hydrogens is 142 g/mol. The smallest absolute Gasteiger partial charge is 0.0639 e. The molecule has 3 heteroatoms. The molecule has 0 aromatic carbocycles. The van der Waals surface area contributed by atoms with Gasteiger partial charge in [0.05, 0.1) is 12.2 Å². The molecule has 1 saturated carbocycles. The molecule has 2 N–H and O–H groups in total. The first-order valence-electron chi connectivity index (χ1n) is 4.16. The summed E-state index contributed by atoms with van der Waals surface area (Å²) >= 11 is 0. The van der Waals surface area contributed by atoms with Crippen LogP contribution in [-0.4, -0.2) is 47.0 Å². The summed E-state index contributed by atoms with van der Waals surface area (Å²) in [5, 5.41) is 18.1. The zero-order chi connectivity index (χ0) is 8.43. The van der Waals surface area contributed by atoms with E-state index in [1.807, 2.05) is 7.05 Å². The van der Waals surface area contributed by atoms with Gasteiger partial charge in [-0.15, -0.1) is 0 Å². The fourth-order valence-electron chi connectivity index (χ4n) is 1.48. The van der Waals surface area contributed by atoms with Gasteiger partial charge in [0.1, 0.15) is 0 Å². The Morgan fingerprint density at radius 1 is 1.55 bits per heavy atom. The van der Waals surface area contributed by atoms with E-state index in [-0.39, 0.29) is 12.2 Å². The van der Waals surface area contributed by atoms with E-state index in [1.54, 1.807) is 6.92 Å². The van der Waals surface area contributed by atoms with Gasteiger partial charge in [-0.3, -0.25) is 0 Å². The van der Waals surface area contributed by atoms with Crippen molar-refractivity contribution in [1.82, 2.24) is 4.90 Å². The van der Waals surface area contributed by atoms with Crippen molar-refractivity contribution in [2.45, 2.75) is 38.0 Å². The van der Waals surface area contributed by atoms with E-state index in [4.69, 9.17) is 10.2 Å². The molecule has 1 aliphatic carbocycles. The molecule has 1 rings (SSSR count). The lowest BCUT2D eigenvalue weighted by Gasteiger charge is -2.39. The highest BCUT2D eigenvalue weighted by atomic mass is 16.3. The van der Waals surface area contributed by atoms with Crippen LogP contribution in [0.4, 0.5) is 0 Å². The number of likely N-dealkylation sites (N-methyl/N-ethyl adjacent to an activating group) is 1. The third-order valence-corrected chi connectivity index (χ3v) is 2.26. The Bertz CT molecular complexity index is 121. The monoisotopic (exact) mass is 159 g/mol. The maximum atomic E-state index is 9.05. The zero-order valence-corrected chi connectivity index (χ0v) is 7.20. The van der Waals surface area contributed by atoms with Crippen molar-refractivity contribution in [2.75, 3.05) is 13.6 Å². The quantitative estimate of drug-likeness (QED) is 0.600. The highest BCUT2D eigenvalue weighted by Crippen LogP contribution is 2.24. The number of nitrogens with zero attached hydrogens (tertiary/aromatic N) is 1. The third-order valence-electron chi connectivity index (χ3n) is 2.26. The molecule has 1 atom stereocenters. The van der Waals surface area contributed by atoms with Gasteiger partial charge in [0.2, 0.25) is 0 Å². The minimum absolute atomic E-state index is 0.101. The van der Waals surface area contributed by atoms with Gasteiger partial charge in [-0.25, -0.2) is 0 Å². The van der Waals surface area contributed by atoms with Crippen LogP contribution in [0.15, 0.2) is 0 Å². The molecule has 1 unspecified atom stereocenters. The van der Waals surface area contributed by atoms with E-state index in [9.17, 15) is 0 Å².